The first-order chi connectivity index (χ1) is 9.75. The molecular formula is C13H11N5O2. The van der Waals surface area contributed by atoms with Gasteiger partial charge in [-0.15, -0.1) is 0 Å². The second kappa shape index (κ2) is 4.96. The van der Waals surface area contributed by atoms with Crippen LogP contribution >= 0.6 is 0 Å². The summed E-state index contributed by atoms with van der Waals surface area (Å²) in [6.45, 7) is 0.557. The van der Waals surface area contributed by atoms with Crippen molar-refractivity contribution in [3.63, 3.8) is 0 Å². The number of aromatic amines is 1. The van der Waals surface area contributed by atoms with E-state index in [-0.39, 0.29) is 5.69 Å². The molecule has 2 N–H and O–H groups in total. The number of H-pyrrole nitrogens is 1. The van der Waals surface area contributed by atoms with Crippen molar-refractivity contribution in [1.82, 2.24) is 15.0 Å². The van der Waals surface area contributed by atoms with Crippen LogP contribution < -0.4 is 5.32 Å². The Kier molecular flexibility index (Phi) is 3.00. The van der Waals surface area contributed by atoms with Crippen LogP contribution in [0.25, 0.3) is 10.9 Å². The van der Waals surface area contributed by atoms with E-state index in [0.717, 1.165) is 16.8 Å². The molecule has 7 heteroatoms. The Hall–Kier alpha value is -2.96. The third-order valence-corrected chi connectivity index (χ3v) is 2.97. The van der Waals surface area contributed by atoms with Gasteiger partial charge in [-0.3, -0.25) is 10.1 Å². The summed E-state index contributed by atoms with van der Waals surface area (Å²) in [5.74, 6) is 0. The van der Waals surface area contributed by atoms with Crippen molar-refractivity contribution in [2.45, 2.75) is 6.54 Å². The molecule has 7 nitrogen and oxygen atoms in total. The van der Waals surface area contributed by atoms with Crippen LogP contribution in [0.3, 0.4) is 0 Å². The molecule has 0 aliphatic carbocycles. The molecule has 0 amide bonds. The summed E-state index contributed by atoms with van der Waals surface area (Å²) in [5.41, 5.74) is 2.12. The number of fused-ring (bicyclic) bond motifs is 1. The number of imidazole rings is 1. The molecule has 0 saturated heterocycles. The maximum atomic E-state index is 11.0. The Morgan fingerprint density at radius 2 is 2.25 bits per heavy atom. The fourth-order valence-electron chi connectivity index (χ4n) is 2.03. The van der Waals surface area contributed by atoms with E-state index in [2.05, 4.69) is 20.3 Å². The van der Waals surface area contributed by atoms with Gasteiger partial charge in [0.05, 0.1) is 23.5 Å². The number of pyridine rings is 1. The summed E-state index contributed by atoms with van der Waals surface area (Å²) in [6.07, 6.45) is 4.87. The molecule has 1 aromatic carbocycles. The highest BCUT2D eigenvalue weighted by Gasteiger charge is 2.15. The Labute approximate surface area is 113 Å². The minimum Gasteiger partial charge on any atom is -0.379 e. The van der Waals surface area contributed by atoms with Crippen LogP contribution in [0.5, 0.6) is 0 Å². The van der Waals surface area contributed by atoms with E-state index >= 15 is 0 Å². The van der Waals surface area contributed by atoms with E-state index in [1.165, 1.54) is 6.07 Å². The number of hydrogen-bond donors (Lipinski definition) is 2. The predicted octanol–water partition coefficient (Wildman–Crippen LogP) is 2.48. The minimum absolute atomic E-state index is 0.00712. The first-order valence-corrected chi connectivity index (χ1v) is 5.99. The number of non-ortho nitro benzene ring substituents is 1. The number of rotatable bonds is 4. The summed E-state index contributed by atoms with van der Waals surface area (Å²) in [4.78, 5) is 21.6. The van der Waals surface area contributed by atoms with Gasteiger partial charge < -0.3 is 10.3 Å². The Bertz CT molecular complexity index is 755. The fourth-order valence-corrected chi connectivity index (χ4v) is 2.03. The van der Waals surface area contributed by atoms with Crippen LogP contribution in [-0.4, -0.2) is 19.9 Å². The second-order valence-corrected chi connectivity index (χ2v) is 4.22. The summed E-state index contributed by atoms with van der Waals surface area (Å²) in [5, 5.41) is 14.9. The van der Waals surface area contributed by atoms with Gasteiger partial charge in [0.2, 0.25) is 0 Å². The lowest BCUT2D eigenvalue weighted by Crippen LogP contribution is -2.01. The van der Waals surface area contributed by atoms with Crippen LogP contribution in [-0.2, 0) is 6.54 Å². The molecular weight excluding hydrogens is 258 g/mol. The molecule has 3 aromatic rings. The number of benzene rings is 1. The summed E-state index contributed by atoms with van der Waals surface area (Å²) >= 11 is 0. The van der Waals surface area contributed by atoms with Gasteiger partial charge in [0, 0.05) is 29.5 Å². The lowest BCUT2D eigenvalue weighted by atomic mass is 10.1. The number of nitro groups is 1. The third-order valence-electron chi connectivity index (χ3n) is 2.97. The fraction of sp³-hybridized carbons (Fsp3) is 0.0769. The van der Waals surface area contributed by atoms with Gasteiger partial charge in [0.25, 0.3) is 5.69 Å². The van der Waals surface area contributed by atoms with Crippen LogP contribution in [0.15, 0.2) is 43.0 Å². The Morgan fingerprint density at radius 3 is 3.00 bits per heavy atom. The van der Waals surface area contributed by atoms with E-state index < -0.39 is 4.92 Å². The zero-order valence-electron chi connectivity index (χ0n) is 10.4. The molecule has 3 rings (SSSR count). The molecule has 0 fully saturated rings. The van der Waals surface area contributed by atoms with Crippen molar-refractivity contribution in [2.24, 2.45) is 0 Å². The maximum Gasteiger partial charge on any atom is 0.295 e. The van der Waals surface area contributed by atoms with Gasteiger partial charge >= 0.3 is 0 Å². The third kappa shape index (κ3) is 2.16. The molecule has 0 unspecified atom stereocenters. The zero-order valence-corrected chi connectivity index (χ0v) is 10.4. The highest BCUT2D eigenvalue weighted by Crippen LogP contribution is 2.29. The average molecular weight is 269 g/mol. The second-order valence-electron chi connectivity index (χ2n) is 4.22. The summed E-state index contributed by atoms with van der Waals surface area (Å²) in [6, 6.07) is 6.72. The van der Waals surface area contributed by atoms with Crippen LogP contribution in [0.2, 0.25) is 0 Å². The zero-order chi connectivity index (χ0) is 13.9. The van der Waals surface area contributed by atoms with E-state index in [1.807, 2.05) is 6.07 Å². The molecule has 0 aliphatic rings. The van der Waals surface area contributed by atoms with E-state index in [9.17, 15) is 10.1 Å². The minimum atomic E-state index is -0.423. The van der Waals surface area contributed by atoms with Crippen LogP contribution in [0.1, 0.15) is 5.69 Å². The van der Waals surface area contributed by atoms with Gasteiger partial charge in [-0.05, 0) is 18.2 Å². The van der Waals surface area contributed by atoms with E-state index in [1.54, 1.807) is 30.9 Å². The highest BCUT2D eigenvalue weighted by atomic mass is 16.6. The quantitative estimate of drug-likeness (QED) is 0.560. The SMILES string of the molecule is O=[N+]([O-])c1ccc(NCc2cnc[nH]2)c2cccnc12. The maximum absolute atomic E-state index is 11.0. The standard InChI is InChI=1S/C13H11N5O2/c19-18(20)12-4-3-11(10-2-1-5-15-13(10)12)16-7-9-6-14-8-17-9/h1-6,8,16H,7H2,(H,14,17). The number of nitrogens with one attached hydrogen (secondary N) is 2. The molecule has 100 valence electrons. The van der Waals surface area contributed by atoms with E-state index in [0.29, 0.717) is 12.1 Å². The Balaban J connectivity index is 1.99. The highest BCUT2D eigenvalue weighted by molar-refractivity contribution is 5.96. The average Bonchev–Trinajstić information content (AvgIpc) is 2.97. The van der Waals surface area contributed by atoms with Gasteiger partial charge in [-0.1, -0.05) is 0 Å². The van der Waals surface area contributed by atoms with Crippen LogP contribution in [0.4, 0.5) is 11.4 Å². The van der Waals surface area contributed by atoms with Crippen molar-refractivity contribution < 1.29 is 4.92 Å². The van der Waals surface area contributed by atoms with Crippen molar-refractivity contribution in [2.75, 3.05) is 5.32 Å². The van der Waals surface area contributed by atoms with Crippen molar-refractivity contribution >= 4 is 22.3 Å². The summed E-state index contributed by atoms with van der Waals surface area (Å²) in [7, 11) is 0. The largest absolute Gasteiger partial charge is 0.379 e. The molecule has 0 radical (unpaired) electrons. The number of hydrogen-bond acceptors (Lipinski definition) is 5. The topological polar surface area (TPSA) is 96.7 Å². The monoisotopic (exact) mass is 269 g/mol. The van der Waals surface area contributed by atoms with Gasteiger partial charge in [0.15, 0.2) is 0 Å². The van der Waals surface area contributed by atoms with Crippen molar-refractivity contribution in [3.8, 4) is 0 Å². The molecule has 0 atom stereocenters. The molecule has 2 heterocycles. The lowest BCUT2D eigenvalue weighted by molar-refractivity contribution is -0.383. The van der Waals surface area contributed by atoms with Gasteiger partial charge in [-0.25, -0.2) is 9.97 Å². The molecule has 2 aromatic heterocycles. The van der Waals surface area contributed by atoms with Gasteiger partial charge in [0.1, 0.15) is 5.52 Å². The van der Waals surface area contributed by atoms with E-state index in [4.69, 9.17) is 0 Å². The molecule has 0 bridgehead atoms. The first kappa shape index (κ1) is 12.1. The normalized spacial score (nSPS) is 10.6. The molecule has 0 saturated carbocycles. The number of nitro benzene ring substituents is 1. The molecule has 20 heavy (non-hydrogen) atoms. The first-order valence-electron chi connectivity index (χ1n) is 5.99. The predicted molar refractivity (Wildman–Crippen MR) is 74.3 cm³/mol. The Morgan fingerprint density at radius 1 is 1.35 bits per heavy atom. The smallest absolute Gasteiger partial charge is 0.295 e. The lowest BCUT2D eigenvalue weighted by Gasteiger charge is -2.08. The van der Waals surface area contributed by atoms with Gasteiger partial charge in [-0.2, -0.15) is 0 Å². The van der Waals surface area contributed by atoms with Crippen molar-refractivity contribution in [1.29, 1.82) is 0 Å². The molecule has 0 aliphatic heterocycles. The van der Waals surface area contributed by atoms with Crippen LogP contribution in [0, 0.1) is 10.1 Å². The number of nitrogens with zero attached hydrogens (tertiary/aromatic N) is 3. The molecule has 0 spiro atoms. The van der Waals surface area contributed by atoms with Crippen molar-refractivity contribution in [3.05, 3.63) is 58.8 Å². The number of anilines is 1. The summed E-state index contributed by atoms with van der Waals surface area (Å²) < 4.78 is 0. The number of aromatic nitrogens is 3.